The Balaban J connectivity index is 3.25. The summed E-state index contributed by atoms with van der Waals surface area (Å²) in [7, 11) is 0. The maximum atomic E-state index is 8.40. The van der Waals surface area contributed by atoms with Gasteiger partial charge in [0.25, 0.3) is 0 Å². The van der Waals surface area contributed by atoms with Crippen LogP contribution in [0.15, 0.2) is 0 Å². The van der Waals surface area contributed by atoms with Gasteiger partial charge in [0.2, 0.25) is 0 Å². The van der Waals surface area contributed by atoms with Gasteiger partial charge in [0, 0.05) is 5.33 Å². The van der Waals surface area contributed by atoms with Crippen LogP contribution in [-0.2, 0) is 0 Å². The van der Waals surface area contributed by atoms with Crippen molar-refractivity contribution in [1.82, 2.24) is 0 Å². The van der Waals surface area contributed by atoms with Crippen molar-refractivity contribution in [3.63, 3.8) is 0 Å². The fourth-order valence-electron chi connectivity index (χ4n) is 0.778. The van der Waals surface area contributed by atoms with Gasteiger partial charge < -0.3 is 0 Å². The van der Waals surface area contributed by atoms with Gasteiger partial charge in [0.05, 0.1) is 12.1 Å². The van der Waals surface area contributed by atoms with Crippen molar-refractivity contribution in [2.45, 2.75) is 25.7 Å². The van der Waals surface area contributed by atoms with Crippen LogP contribution in [0, 0.1) is 28.6 Å². The average Bonchev–Trinajstić information content (AvgIpc) is 2.05. The SMILES string of the molecule is N#CC(C#N)CCCCCBr. The lowest BCUT2D eigenvalue weighted by Gasteiger charge is -1.97. The molecule has 0 aromatic rings. The molecule has 0 spiro atoms. The summed E-state index contributed by atoms with van der Waals surface area (Å²) in [5.74, 6) is -0.398. The van der Waals surface area contributed by atoms with Crippen LogP contribution in [0.4, 0.5) is 0 Å². The summed E-state index contributed by atoms with van der Waals surface area (Å²) in [4.78, 5) is 0. The van der Waals surface area contributed by atoms with Crippen molar-refractivity contribution in [1.29, 1.82) is 10.5 Å². The number of nitrogens with zero attached hydrogens (tertiary/aromatic N) is 2. The van der Waals surface area contributed by atoms with Crippen LogP contribution in [0.1, 0.15) is 25.7 Å². The van der Waals surface area contributed by atoms with E-state index in [-0.39, 0.29) is 0 Å². The first-order valence-corrected chi connectivity index (χ1v) is 4.82. The summed E-state index contributed by atoms with van der Waals surface area (Å²) < 4.78 is 0. The first kappa shape index (κ1) is 10.5. The van der Waals surface area contributed by atoms with Crippen molar-refractivity contribution in [2.75, 3.05) is 5.33 Å². The van der Waals surface area contributed by atoms with Crippen LogP contribution in [0.5, 0.6) is 0 Å². The molecular formula is C8H11BrN2. The Morgan fingerprint density at radius 2 is 1.73 bits per heavy atom. The Kier molecular flexibility index (Phi) is 7.19. The number of hydrogen-bond donors (Lipinski definition) is 0. The number of hydrogen-bond acceptors (Lipinski definition) is 2. The second-order valence-electron chi connectivity index (χ2n) is 2.35. The van der Waals surface area contributed by atoms with Crippen molar-refractivity contribution < 1.29 is 0 Å². The topological polar surface area (TPSA) is 47.6 Å². The third-order valence-electron chi connectivity index (χ3n) is 1.44. The number of unbranched alkanes of at least 4 members (excludes halogenated alkanes) is 2. The molecule has 0 bridgehead atoms. The van der Waals surface area contributed by atoms with Crippen molar-refractivity contribution in [2.24, 2.45) is 5.92 Å². The van der Waals surface area contributed by atoms with Gasteiger partial charge >= 0.3 is 0 Å². The van der Waals surface area contributed by atoms with E-state index in [1.54, 1.807) is 0 Å². The molecule has 0 aliphatic heterocycles. The monoisotopic (exact) mass is 214 g/mol. The Bertz CT molecular complexity index is 152. The van der Waals surface area contributed by atoms with Crippen LogP contribution in [0.2, 0.25) is 0 Å². The average molecular weight is 215 g/mol. The summed E-state index contributed by atoms with van der Waals surface area (Å²) >= 11 is 3.32. The molecule has 3 heteroatoms. The molecule has 2 nitrogen and oxygen atoms in total. The van der Waals surface area contributed by atoms with Crippen molar-refractivity contribution in [3.8, 4) is 12.1 Å². The van der Waals surface area contributed by atoms with E-state index >= 15 is 0 Å². The minimum absolute atomic E-state index is 0.398. The van der Waals surface area contributed by atoms with Gasteiger partial charge in [-0.05, 0) is 12.8 Å². The van der Waals surface area contributed by atoms with E-state index in [0.29, 0.717) is 0 Å². The number of nitriles is 2. The van der Waals surface area contributed by atoms with E-state index in [2.05, 4.69) is 15.9 Å². The molecule has 0 unspecified atom stereocenters. The highest BCUT2D eigenvalue weighted by molar-refractivity contribution is 9.09. The van der Waals surface area contributed by atoms with Crippen LogP contribution in [0.3, 0.4) is 0 Å². The molecule has 0 radical (unpaired) electrons. The Morgan fingerprint density at radius 1 is 1.09 bits per heavy atom. The van der Waals surface area contributed by atoms with E-state index < -0.39 is 5.92 Å². The predicted octanol–water partition coefficient (Wildman–Crippen LogP) is 2.61. The first-order valence-electron chi connectivity index (χ1n) is 3.70. The van der Waals surface area contributed by atoms with Gasteiger partial charge in [-0.15, -0.1) is 0 Å². The normalized spacial score (nSPS) is 9.09. The van der Waals surface area contributed by atoms with E-state index in [1.807, 2.05) is 12.1 Å². The molecule has 60 valence electrons. The van der Waals surface area contributed by atoms with Crippen LogP contribution < -0.4 is 0 Å². The Hall–Kier alpha value is -0.540. The van der Waals surface area contributed by atoms with Gasteiger partial charge in [-0.1, -0.05) is 28.8 Å². The van der Waals surface area contributed by atoms with Gasteiger partial charge in [-0.2, -0.15) is 10.5 Å². The summed E-state index contributed by atoms with van der Waals surface area (Å²) in [5.41, 5.74) is 0. The molecule has 0 aliphatic carbocycles. The lowest BCUT2D eigenvalue weighted by Crippen LogP contribution is -1.92. The Labute approximate surface area is 75.9 Å². The molecule has 0 heterocycles. The third-order valence-corrected chi connectivity index (χ3v) is 2.00. The molecule has 0 saturated carbocycles. The highest BCUT2D eigenvalue weighted by Crippen LogP contribution is 2.08. The molecule has 0 atom stereocenters. The third kappa shape index (κ3) is 5.88. The van der Waals surface area contributed by atoms with Crippen LogP contribution >= 0.6 is 15.9 Å². The van der Waals surface area contributed by atoms with Crippen molar-refractivity contribution >= 4 is 15.9 Å². The minimum atomic E-state index is -0.398. The van der Waals surface area contributed by atoms with E-state index in [1.165, 1.54) is 0 Å². The maximum absolute atomic E-state index is 8.40. The highest BCUT2D eigenvalue weighted by atomic mass is 79.9. The lowest BCUT2D eigenvalue weighted by atomic mass is 10.0. The van der Waals surface area contributed by atoms with E-state index in [4.69, 9.17) is 10.5 Å². The molecule has 0 fully saturated rings. The van der Waals surface area contributed by atoms with Crippen LogP contribution in [0.25, 0.3) is 0 Å². The second kappa shape index (κ2) is 7.57. The summed E-state index contributed by atoms with van der Waals surface area (Å²) in [6.07, 6.45) is 3.94. The maximum Gasteiger partial charge on any atom is 0.133 e. The fourth-order valence-corrected chi connectivity index (χ4v) is 1.17. The van der Waals surface area contributed by atoms with E-state index in [0.717, 1.165) is 31.0 Å². The quantitative estimate of drug-likeness (QED) is 0.522. The second-order valence-corrected chi connectivity index (χ2v) is 3.14. The van der Waals surface area contributed by atoms with Crippen molar-refractivity contribution in [3.05, 3.63) is 0 Å². The molecule has 0 aliphatic rings. The number of alkyl halides is 1. The molecule has 0 amide bonds. The first-order chi connectivity index (χ1) is 5.35. The molecule has 0 N–H and O–H groups in total. The predicted molar refractivity (Wildman–Crippen MR) is 47.0 cm³/mol. The zero-order valence-corrected chi connectivity index (χ0v) is 7.97. The fraction of sp³-hybridized carbons (Fsp3) is 0.750. The van der Waals surface area contributed by atoms with Gasteiger partial charge in [0.1, 0.15) is 5.92 Å². The highest BCUT2D eigenvalue weighted by Gasteiger charge is 2.03. The molecular weight excluding hydrogens is 204 g/mol. The lowest BCUT2D eigenvalue weighted by molar-refractivity contribution is 0.627. The largest absolute Gasteiger partial charge is 0.197 e. The molecule has 11 heavy (non-hydrogen) atoms. The van der Waals surface area contributed by atoms with Gasteiger partial charge in [0.15, 0.2) is 0 Å². The minimum Gasteiger partial charge on any atom is -0.197 e. The van der Waals surface area contributed by atoms with E-state index in [9.17, 15) is 0 Å². The molecule has 0 saturated heterocycles. The molecule has 0 aromatic carbocycles. The zero-order valence-electron chi connectivity index (χ0n) is 6.39. The molecule has 0 rings (SSSR count). The smallest absolute Gasteiger partial charge is 0.133 e. The van der Waals surface area contributed by atoms with Gasteiger partial charge in [-0.25, -0.2) is 0 Å². The number of rotatable bonds is 5. The molecule has 0 aromatic heterocycles. The Morgan fingerprint density at radius 3 is 2.18 bits per heavy atom. The zero-order chi connectivity index (χ0) is 8.53. The summed E-state index contributed by atoms with van der Waals surface area (Å²) in [5, 5.41) is 17.8. The van der Waals surface area contributed by atoms with Gasteiger partial charge in [-0.3, -0.25) is 0 Å². The summed E-state index contributed by atoms with van der Waals surface area (Å²) in [6, 6.07) is 3.91. The van der Waals surface area contributed by atoms with Crippen LogP contribution in [-0.4, -0.2) is 5.33 Å². The summed E-state index contributed by atoms with van der Waals surface area (Å²) in [6.45, 7) is 0. The standard InChI is InChI=1S/C8H11BrN2/c9-5-3-1-2-4-8(6-10)7-11/h8H,1-5H2. The number of halogens is 1.